The van der Waals surface area contributed by atoms with Gasteiger partial charge in [0, 0.05) is 12.6 Å². The molecule has 88 valence electrons. The van der Waals surface area contributed by atoms with Gasteiger partial charge in [0.15, 0.2) is 0 Å². The van der Waals surface area contributed by atoms with Gasteiger partial charge >= 0.3 is 5.97 Å². The number of carboxylic acid groups (broad SMARTS) is 1. The Balaban J connectivity index is 2.34. The molecule has 1 atom stereocenters. The molecule has 0 amide bonds. The van der Waals surface area contributed by atoms with Gasteiger partial charge in [0.25, 0.3) is 0 Å². The van der Waals surface area contributed by atoms with Crippen molar-refractivity contribution in [2.45, 2.75) is 51.5 Å². The highest BCUT2D eigenvalue weighted by Gasteiger charge is 2.21. The van der Waals surface area contributed by atoms with Crippen molar-refractivity contribution in [3.63, 3.8) is 0 Å². The molecule has 0 aromatic carbocycles. The van der Waals surface area contributed by atoms with Crippen LogP contribution < -0.4 is 0 Å². The molecule has 1 aliphatic carbocycles. The van der Waals surface area contributed by atoms with Crippen LogP contribution >= 0.6 is 0 Å². The number of carbonyl (C=O) groups is 1. The van der Waals surface area contributed by atoms with Crippen molar-refractivity contribution < 1.29 is 9.90 Å². The predicted molar refractivity (Wildman–Crippen MR) is 60.9 cm³/mol. The van der Waals surface area contributed by atoms with E-state index in [1.807, 2.05) is 0 Å². The molecular weight excluding hydrogens is 190 g/mol. The molecular formula is C12H23NO2. The zero-order valence-electron chi connectivity index (χ0n) is 9.91. The van der Waals surface area contributed by atoms with Crippen LogP contribution in [-0.4, -0.2) is 35.6 Å². The Morgan fingerprint density at radius 3 is 2.53 bits per heavy atom. The standard InChI is InChI=1S/C12H23NO2/c1-3-11(8-12(14)15)13(2)9-10-6-4-5-7-10/h10-11H,3-9H2,1-2H3,(H,14,15). The third kappa shape index (κ3) is 4.20. The Morgan fingerprint density at radius 2 is 2.07 bits per heavy atom. The molecule has 0 aliphatic heterocycles. The van der Waals surface area contributed by atoms with Gasteiger partial charge in [-0.1, -0.05) is 19.8 Å². The molecule has 3 nitrogen and oxygen atoms in total. The van der Waals surface area contributed by atoms with Gasteiger partial charge in [-0.15, -0.1) is 0 Å². The zero-order chi connectivity index (χ0) is 11.3. The second-order valence-electron chi connectivity index (χ2n) is 4.75. The second kappa shape index (κ2) is 6.11. The number of aliphatic carboxylic acids is 1. The van der Waals surface area contributed by atoms with E-state index in [4.69, 9.17) is 5.11 Å². The van der Waals surface area contributed by atoms with Crippen LogP contribution in [0.1, 0.15) is 45.4 Å². The molecule has 0 heterocycles. The Morgan fingerprint density at radius 1 is 1.47 bits per heavy atom. The summed E-state index contributed by atoms with van der Waals surface area (Å²) >= 11 is 0. The first-order valence-corrected chi connectivity index (χ1v) is 6.05. The van der Waals surface area contributed by atoms with Crippen LogP contribution in [0.3, 0.4) is 0 Å². The van der Waals surface area contributed by atoms with Crippen LogP contribution in [0, 0.1) is 5.92 Å². The minimum Gasteiger partial charge on any atom is -0.481 e. The van der Waals surface area contributed by atoms with Crippen LogP contribution in [0.4, 0.5) is 0 Å². The average Bonchev–Trinajstić information content (AvgIpc) is 2.66. The number of nitrogens with zero attached hydrogens (tertiary/aromatic N) is 1. The lowest BCUT2D eigenvalue weighted by molar-refractivity contribution is -0.138. The zero-order valence-corrected chi connectivity index (χ0v) is 9.91. The monoisotopic (exact) mass is 213 g/mol. The fourth-order valence-electron chi connectivity index (χ4n) is 2.56. The third-order valence-corrected chi connectivity index (χ3v) is 3.53. The van der Waals surface area contributed by atoms with Crippen LogP contribution in [0.15, 0.2) is 0 Å². The predicted octanol–water partition coefficient (Wildman–Crippen LogP) is 2.36. The van der Waals surface area contributed by atoms with E-state index < -0.39 is 5.97 Å². The van der Waals surface area contributed by atoms with Gasteiger partial charge in [0.05, 0.1) is 6.42 Å². The molecule has 1 rings (SSSR count). The lowest BCUT2D eigenvalue weighted by Crippen LogP contribution is -2.36. The maximum atomic E-state index is 10.7. The van der Waals surface area contributed by atoms with E-state index in [2.05, 4.69) is 18.9 Å². The van der Waals surface area contributed by atoms with Crippen LogP contribution in [0.5, 0.6) is 0 Å². The van der Waals surface area contributed by atoms with Crippen molar-refractivity contribution in [3.05, 3.63) is 0 Å². The van der Waals surface area contributed by atoms with E-state index in [1.54, 1.807) is 0 Å². The molecule has 1 saturated carbocycles. The smallest absolute Gasteiger partial charge is 0.304 e. The topological polar surface area (TPSA) is 40.5 Å². The van der Waals surface area contributed by atoms with E-state index in [9.17, 15) is 4.79 Å². The first-order chi connectivity index (χ1) is 7.13. The summed E-state index contributed by atoms with van der Waals surface area (Å²) in [5, 5.41) is 8.80. The minimum absolute atomic E-state index is 0.211. The molecule has 0 aromatic rings. The van der Waals surface area contributed by atoms with Crippen LogP contribution in [0.25, 0.3) is 0 Å². The molecule has 1 fully saturated rings. The third-order valence-electron chi connectivity index (χ3n) is 3.53. The first-order valence-electron chi connectivity index (χ1n) is 6.05. The number of hydrogen-bond donors (Lipinski definition) is 1. The summed E-state index contributed by atoms with van der Waals surface area (Å²) in [6.07, 6.45) is 6.57. The fourth-order valence-corrected chi connectivity index (χ4v) is 2.56. The molecule has 1 aliphatic rings. The molecule has 15 heavy (non-hydrogen) atoms. The summed E-state index contributed by atoms with van der Waals surface area (Å²) in [5.41, 5.74) is 0. The highest BCUT2D eigenvalue weighted by molar-refractivity contribution is 5.67. The van der Waals surface area contributed by atoms with Gasteiger partial charge < -0.3 is 10.0 Å². The van der Waals surface area contributed by atoms with Crippen molar-refractivity contribution in [2.75, 3.05) is 13.6 Å². The number of carboxylic acids is 1. The Labute approximate surface area is 92.5 Å². The summed E-state index contributed by atoms with van der Waals surface area (Å²) in [7, 11) is 2.06. The van der Waals surface area contributed by atoms with Gasteiger partial charge in [-0.25, -0.2) is 0 Å². The molecule has 1 N–H and O–H groups in total. The molecule has 0 spiro atoms. The van der Waals surface area contributed by atoms with E-state index in [0.29, 0.717) is 0 Å². The summed E-state index contributed by atoms with van der Waals surface area (Å²) in [5.74, 6) is 0.123. The largest absolute Gasteiger partial charge is 0.481 e. The van der Waals surface area contributed by atoms with Crippen LogP contribution in [0.2, 0.25) is 0 Å². The van der Waals surface area contributed by atoms with E-state index in [-0.39, 0.29) is 12.5 Å². The lowest BCUT2D eigenvalue weighted by Gasteiger charge is -2.28. The Bertz CT molecular complexity index is 200. The summed E-state index contributed by atoms with van der Waals surface area (Å²) in [6, 6.07) is 0.211. The molecule has 0 radical (unpaired) electrons. The highest BCUT2D eigenvalue weighted by atomic mass is 16.4. The lowest BCUT2D eigenvalue weighted by atomic mass is 10.0. The number of rotatable bonds is 6. The van der Waals surface area contributed by atoms with Crippen molar-refractivity contribution in [2.24, 2.45) is 5.92 Å². The molecule has 0 bridgehead atoms. The fraction of sp³-hybridized carbons (Fsp3) is 0.917. The average molecular weight is 213 g/mol. The van der Waals surface area contributed by atoms with E-state index >= 15 is 0 Å². The van der Waals surface area contributed by atoms with Gasteiger partial charge in [-0.05, 0) is 32.2 Å². The maximum absolute atomic E-state index is 10.7. The molecule has 0 aromatic heterocycles. The second-order valence-corrected chi connectivity index (χ2v) is 4.75. The van der Waals surface area contributed by atoms with Gasteiger partial charge in [-0.3, -0.25) is 4.79 Å². The maximum Gasteiger partial charge on any atom is 0.304 e. The normalized spacial score (nSPS) is 19.7. The quantitative estimate of drug-likeness (QED) is 0.736. The van der Waals surface area contributed by atoms with Crippen LogP contribution in [-0.2, 0) is 4.79 Å². The van der Waals surface area contributed by atoms with Gasteiger partial charge in [0.1, 0.15) is 0 Å². The molecule has 0 saturated heterocycles. The summed E-state index contributed by atoms with van der Waals surface area (Å²) in [4.78, 5) is 12.9. The minimum atomic E-state index is -0.680. The van der Waals surface area contributed by atoms with E-state index in [1.165, 1.54) is 25.7 Å². The molecule has 1 unspecified atom stereocenters. The summed E-state index contributed by atoms with van der Waals surface area (Å²) in [6.45, 7) is 3.14. The highest BCUT2D eigenvalue weighted by Crippen LogP contribution is 2.26. The van der Waals surface area contributed by atoms with E-state index in [0.717, 1.165) is 18.9 Å². The Kier molecular flexibility index (Phi) is 5.09. The first kappa shape index (κ1) is 12.5. The van der Waals surface area contributed by atoms with Crippen molar-refractivity contribution in [1.82, 2.24) is 4.90 Å². The van der Waals surface area contributed by atoms with Gasteiger partial charge in [0.2, 0.25) is 0 Å². The summed E-state index contributed by atoms with van der Waals surface area (Å²) < 4.78 is 0. The SMILES string of the molecule is CCC(CC(=O)O)N(C)CC1CCCC1. The number of hydrogen-bond acceptors (Lipinski definition) is 2. The van der Waals surface area contributed by atoms with Crippen molar-refractivity contribution >= 4 is 5.97 Å². The van der Waals surface area contributed by atoms with Gasteiger partial charge in [-0.2, -0.15) is 0 Å². The van der Waals surface area contributed by atoms with Crippen molar-refractivity contribution in [3.8, 4) is 0 Å². The Hall–Kier alpha value is -0.570. The molecule has 3 heteroatoms. The van der Waals surface area contributed by atoms with Crippen molar-refractivity contribution in [1.29, 1.82) is 0 Å².